The van der Waals surface area contributed by atoms with E-state index in [9.17, 15) is 0 Å². The molecule has 0 radical (unpaired) electrons. The van der Waals surface area contributed by atoms with Crippen LogP contribution in [0.4, 0.5) is 0 Å². The minimum Gasteiger partial charge on any atom is -0.395 e. The Labute approximate surface area is 41.8 Å². The number of nitrogens with one attached hydrogen (secondary N) is 1. The zero-order valence-electron chi connectivity index (χ0n) is 4.09. The van der Waals surface area contributed by atoms with Crippen molar-refractivity contribution in [2.24, 2.45) is 10.2 Å². The van der Waals surface area contributed by atoms with Crippen LogP contribution in [0.3, 0.4) is 0 Å². The number of hydrogen-bond acceptors (Lipinski definition) is 4. The Morgan fingerprint density at radius 3 is 3.00 bits per heavy atom. The van der Waals surface area contributed by atoms with Gasteiger partial charge in [-0.1, -0.05) is 0 Å². The number of rotatable bonds is 3. The number of hydrogen-bond donors (Lipinski definition) is 1. The molecule has 0 aliphatic rings. The fourth-order valence-corrected chi connectivity index (χ4v) is 0.110. The topological polar surface area (TPSA) is 46.0 Å². The molecule has 0 fully saturated rings. The van der Waals surface area contributed by atoms with Gasteiger partial charge in [0.25, 0.3) is 0 Å². The van der Waals surface area contributed by atoms with Crippen molar-refractivity contribution < 1.29 is 4.84 Å². The van der Waals surface area contributed by atoms with Gasteiger partial charge in [-0.05, 0) is 0 Å². The summed E-state index contributed by atoms with van der Waals surface area (Å²) in [5.41, 5.74) is 2.37. The highest BCUT2D eigenvalue weighted by Crippen LogP contribution is 1.59. The second kappa shape index (κ2) is 5.10. The standard InChI is InChI=1S/C3H7N3O/c1-4-6-3-7-5-2/h3,5H,1H2,2H3/b6-3+. The molecule has 0 unspecified atom stereocenters. The molecule has 40 valence electrons. The predicted molar refractivity (Wildman–Crippen MR) is 28.2 cm³/mol. The van der Waals surface area contributed by atoms with Gasteiger partial charge in [-0.25, -0.2) is 0 Å². The molecule has 0 aromatic heterocycles. The molecular formula is C3H7N3O. The van der Waals surface area contributed by atoms with Crippen LogP contribution in [0.1, 0.15) is 0 Å². The van der Waals surface area contributed by atoms with E-state index in [4.69, 9.17) is 0 Å². The Kier molecular flexibility index (Phi) is 4.44. The van der Waals surface area contributed by atoms with Crippen molar-refractivity contribution in [3.8, 4) is 0 Å². The van der Waals surface area contributed by atoms with Crippen molar-refractivity contribution >= 4 is 13.1 Å². The SMILES string of the molecule is C=N/N=C/ONC. The lowest BCUT2D eigenvalue weighted by molar-refractivity contribution is 0.221. The molecule has 0 rings (SSSR count). The molecule has 0 aliphatic carbocycles. The average molecular weight is 101 g/mol. The molecule has 0 aromatic carbocycles. The van der Waals surface area contributed by atoms with Gasteiger partial charge in [-0.2, -0.15) is 10.6 Å². The van der Waals surface area contributed by atoms with Crippen LogP contribution in [0.5, 0.6) is 0 Å². The predicted octanol–water partition coefficient (Wildman–Crippen LogP) is -0.219. The average Bonchev–Trinajstić information content (AvgIpc) is 1.69. The van der Waals surface area contributed by atoms with E-state index in [1.165, 1.54) is 0 Å². The third-order valence-electron chi connectivity index (χ3n) is 0.299. The van der Waals surface area contributed by atoms with Gasteiger partial charge in [-0.3, -0.25) is 0 Å². The third-order valence-corrected chi connectivity index (χ3v) is 0.299. The minimum atomic E-state index is 1.15. The molecule has 4 nitrogen and oxygen atoms in total. The van der Waals surface area contributed by atoms with Gasteiger partial charge < -0.3 is 4.84 Å². The van der Waals surface area contributed by atoms with Crippen molar-refractivity contribution in [3.63, 3.8) is 0 Å². The number of nitrogens with zero attached hydrogens (tertiary/aromatic N) is 2. The van der Waals surface area contributed by atoms with Crippen LogP contribution in [0.2, 0.25) is 0 Å². The van der Waals surface area contributed by atoms with Crippen LogP contribution in [-0.4, -0.2) is 20.2 Å². The lowest BCUT2D eigenvalue weighted by Crippen LogP contribution is -2.03. The third kappa shape index (κ3) is 5.10. The zero-order chi connectivity index (χ0) is 5.54. The summed E-state index contributed by atoms with van der Waals surface area (Å²) in [5.74, 6) is 0. The molecular weight excluding hydrogens is 94.1 g/mol. The summed E-state index contributed by atoms with van der Waals surface area (Å²) in [6.45, 7) is 3.08. The molecule has 0 atom stereocenters. The van der Waals surface area contributed by atoms with Crippen molar-refractivity contribution in [2.45, 2.75) is 0 Å². The van der Waals surface area contributed by atoms with E-state index < -0.39 is 0 Å². The van der Waals surface area contributed by atoms with E-state index in [1.807, 2.05) is 0 Å². The fourth-order valence-electron chi connectivity index (χ4n) is 0.110. The molecule has 1 N–H and O–H groups in total. The first-order valence-electron chi connectivity index (χ1n) is 1.71. The van der Waals surface area contributed by atoms with Crippen LogP contribution >= 0.6 is 0 Å². The van der Waals surface area contributed by atoms with Gasteiger partial charge in [0.15, 0.2) is 0 Å². The van der Waals surface area contributed by atoms with E-state index in [1.54, 1.807) is 7.05 Å². The number of hydroxylamine groups is 1. The summed E-state index contributed by atoms with van der Waals surface area (Å²) >= 11 is 0. The first-order chi connectivity index (χ1) is 3.41. The highest BCUT2D eigenvalue weighted by molar-refractivity contribution is 5.46. The minimum absolute atomic E-state index is 1.15. The smallest absolute Gasteiger partial charge is 0.221 e. The van der Waals surface area contributed by atoms with Gasteiger partial charge in [-0.15, -0.1) is 5.10 Å². The monoisotopic (exact) mass is 101 g/mol. The Morgan fingerprint density at radius 2 is 2.57 bits per heavy atom. The summed E-state index contributed by atoms with van der Waals surface area (Å²) in [4.78, 5) is 4.40. The molecule has 0 spiro atoms. The Morgan fingerprint density at radius 1 is 1.86 bits per heavy atom. The van der Waals surface area contributed by atoms with Crippen molar-refractivity contribution in [1.82, 2.24) is 5.48 Å². The van der Waals surface area contributed by atoms with Crippen molar-refractivity contribution in [1.29, 1.82) is 0 Å². The van der Waals surface area contributed by atoms with Crippen LogP contribution < -0.4 is 5.48 Å². The van der Waals surface area contributed by atoms with Crippen LogP contribution in [0, 0.1) is 0 Å². The lowest BCUT2D eigenvalue weighted by atomic mass is 11.4. The molecule has 0 aromatic rings. The maximum Gasteiger partial charge on any atom is 0.221 e. The molecule has 0 bridgehead atoms. The summed E-state index contributed by atoms with van der Waals surface area (Å²) in [6.07, 6.45) is 1.15. The summed E-state index contributed by atoms with van der Waals surface area (Å²) in [5, 5.41) is 6.39. The van der Waals surface area contributed by atoms with Crippen LogP contribution in [0.25, 0.3) is 0 Å². The van der Waals surface area contributed by atoms with E-state index in [0.29, 0.717) is 0 Å². The molecule has 0 heterocycles. The first-order valence-corrected chi connectivity index (χ1v) is 1.71. The molecule has 0 aliphatic heterocycles. The fraction of sp³-hybridized carbons (Fsp3) is 0.333. The molecule has 0 saturated carbocycles. The van der Waals surface area contributed by atoms with Crippen LogP contribution in [-0.2, 0) is 4.84 Å². The van der Waals surface area contributed by atoms with E-state index in [-0.39, 0.29) is 0 Å². The quantitative estimate of drug-likeness (QED) is 0.303. The van der Waals surface area contributed by atoms with E-state index in [2.05, 4.69) is 27.2 Å². The van der Waals surface area contributed by atoms with Crippen molar-refractivity contribution in [2.75, 3.05) is 7.05 Å². The Balaban J connectivity index is 2.92. The first kappa shape index (κ1) is 6.10. The Hall–Kier alpha value is -0.900. The molecule has 0 saturated heterocycles. The van der Waals surface area contributed by atoms with Gasteiger partial charge >= 0.3 is 0 Å². The molecule has 7 heavy (non-hydrogen) atoms. The van der Waals surface area contributed by atoms with Crippen molar-refractivity contribution in [3.05, 3.63) is 0 Å². The summed E-state index contributed by atoms with van der Waals surface area (Å²) in [7, 11) is 1.62. The maximum atomic E-state index is 4.40. The summed E-state index contributed by atoms with van der Waals surface area (Å²) < 4.78 is 0. The van der Waals surface area contributed by atoms with Gasteiger partial charge in [0.1, 0.15) is 0 Å². The zero-order valence-corrected chi connectivity index (χ0v) is 4.09. The lowest BCUT2D eigenvalue weighted by Gasteiger charge is -1.86. The van der Waals surface area contributed by atoms with Gasteiger partial charge in [0, 0.05) is 13.8 Å². The van der Waals surface area contributed by atoms with Gasteiger partial charge in [0.2, 0.25) is 6.40 Å². The van der Waals surface area contributed by atoms with E-state index >= 15 is 0 Å². The maximum absolute atomic E-state index is 4.40. The van der Waals surface area contributed by atoms with Gasteiger partial charge in [0.05, 0.1) is 0 Å². The second-order valence-electron chi connectivity index (χ2n) is 0.684. The van der Waals surface area contributed by atoms with E-state index in [0.717, 1.165) is 6.40 Å². The second-order valence-corrected chi connectivity index (χ2v) is 0.684. The highest BCUT2D eigenvalue weighted by atomic mass is 16.6. The largest absolute Gasteiger partial charge is 0.395 e. The molecule has 4 heteroatoms. The molecule has 0 amide bonds. The highest BCUT2D eigenvalue weighted by Gasteiger charge is 1.61. The Bertz CT molecular complexity index is 70.6. The summed E-state index contributed by atoms with van der Waals surface area (Å²) in [6, 6.07) is 0. The normalized spacial score (nSPS) is 9.29. The van der Waals surface area contributed by atoms with Crippen LogP contribution in [0.15, 0.2) is 10.2 Å².